The molecule has 146 valence electrons. The number of rotatable bonds is 8. The first kappa shape index (κ1) is 20.7. The fraction of sp³-hybridized carbons (Fsp3) is 0.158. The highest BCUT2D eigenvalue weighted by molar-refractivity contribution is 6.20. The quantitative estimate of drug-likeness (QED) is 0.260. The third kappa shape index (κ3) is 3.36. The zero-order valence-corrected chi connectivity index (χ0v) is 14.6. The summed E-state index contributed by atoms with van der Waals surface area (Å²) in [5, 5.41) is 29.7. The van der Waals surface area contributed by atoms with E-state index in [9.17, 15) is 34.5 Å². The second-order valence-electron chi connectivity index (χ2n) is 5.59. The van der Waals surface area contributed by atoms with Gasteiger partial charge in [-0.3, -0.25) is 4.79 Å². The summed E-state index contributed by atoms with van der Waals surface area (Å²) in [6.07, 6.45) is 0. The van der Waals surface area contributed by atoms with E-state index in [-0.39, 0.29) is 11.1 Å². The summed E-state index contributed by atoms with van der Waals surface area (Å²) in [4.78, 5) is 49.3. The summed E-state index contributed by atoms with van der Waals surface area (Å²) in [5.41, 5.74) is -4.11. The second-order valence-corrected chi connectivity index (χ2v) is 5.59. The number of esters is 1. The molecule has 2 aromatic carbocycles. The number of aliphatic carboxylic acids is 2. The van der Waals surface area contributed by atoms with Crippen LogP contribution in [0.15, 0.2) is 60.7 Å². The van der Waals surface area contributed by atoms with Crippen LogP contribution in [-0.4, -0.2) is 57.5 Å². The zero-order chi connectivity index (χ0) is 20.9. The van der Waals surface area contributed by atoms with Crippen molar-refractivity contribution < 1.29 is 44.0 Å². The van der Waals surface area contributed by atoms with E-state index in [4.69, 9.17) is 4.74 Å². The van der Waals surface area contributed by atoms with Gasteiger partial charge in [-0.15, -0.1) is 0 Å². The van der Waals surface area contributed by atoms with Crippen molar-refractivity contribution in [2.75, 3.05) is 7.11 Å². The fourth-order valence-electron chi connectivity index (χ4n) is 2.50. The van der Waals surface area contributed by atoms with E-state index in [2.05, 4.69) is 4.74 Å². The molecule has 2 rings (SSSR count). The average molecular weight is 388 g/mol. The van der Waals surface area contributed by atoms with Gasteiger partial charge in [-0.25, -0.2) is 14.4 Å². The standard InChI is InChI=1S/C19H16O9/c1-27-19(26,17(24)25)18(16(22)23,14(20)12-8-4-2-5-9-12)28-15(21)13-10-6-3-7-11-13/h2-11,26H,1H3,(H,22,23)(H,24,25). The molecule has 0 fully saturated rings. The number of methoxy groups -OCH3 is 1. The van der Waals surface area contributed by atoms with E-state index in [1.54, 1.807) is 6.07 Å². The minimum atomic E-state index is -3.71. The van der Waals surface area contributed by atoms with Crippen molar-refractivity contribution in [2.24, 2.45) is 0 Å². The largest absolute Gasteiger partial charge is 0.478 e. The number of hydrogen-bond acceptors (Lipinski definition) is 7. The number of hydrogen-bond donors (Lipinski definition) is 3. The summed E-state index contributed by atoms with van der Waals surface area (Å²) in [6.45, 7) is 0. The molecule has 0 bridgehead atoms. The number of carbonyl (C=O) groups is 4. The lowest BCUT2D eigenvalue weighted by molar-refractivity contribution is -0.266. The highest BCUT2D eigenvalue weighted by atomic mass is 16.7. The summed E-state index contributed by atoms with van der Waals surface area (Å²) in [6, 6.07) is 13.6. The first-order chi connectivity index (χ1) is 13.2. The number of ether oxygens (including phenoxy) is 2. The molecule has 28 heavy (non-hydrogen) atoms. The average Bonchev–Trinajstić information content (AvgIpc) is 2.71. The Morgan fingerprint density at radius 3 is 1.64 bits per heavy atom. The van der Waals surface area contributed by atoms with Gasteiger partial charge in [-0.1, -0.05) is 48.5 Å². The molecular formula is C19H16O9. The summed E-state index contributed by atoms with van der Waals surface area (Å²) >= 11 is 0. The second kappa shape index (κ2) is 7.99. The highest BCUT2D eigenvalue weighted by Gasteiger charge is 2.71. The van der Waals surface area contributed by atoms with Gasteiger partial charge in [0.15, 0.2) is 0 Å². The zero-order valence-electron chi connectivity index (χ0n) is 14.6. The van der Waals surface area contributed by atoms with Gasteiger partial charge in [0.25, 0.3) is 0 Å². The molecule has 2 aromatic rings. The lowest BCUT2D eigenvalue weighted by atomic mass is 9.84. The van der Waals surface area contributed by atoms with Crippen LogP contribution < -0.4 is 0 Å². The summed E-state index contributed by atoms with van der Waals surface area (Å²) in [7, 11) is 0.667. The van der Waals surface area contributed by atoms with Crippen LogP contribution in [0.25, 0.3) is 0 Å². The monoisotopic (exact) mass is 388 g/mol. The van der Waals surface area contributed by atoms with Crippen molar-refractivity contribution in [3.05, 3.63) is 71.8 Å². The number of carbonyl (C=O) groups excluding carboxylic acids is 2. The smallest absolute Gasteiger partial charge is 0.370 e. The maximum absolute atomic E-state index is 13.0. The van der Waals surface area contributed by atoms with Crippen LogP contribution in [0.2, 0.25) is 0 Å². The third-order valence-corrected chi connectivity index (χ3v) is 3.97. The highest BCUT2D eigenvalue weighted by Crippen LogP contribution is 2.33. The van der Waals surface area contributed by atoms with Crippen LogP contribution in [0.3, 0.4) is 0 Å². The number of carboxylic acids is 2. The molecule has 0 radical (unpaired) electrons. The van der Waals surface area contributed by atoms with Gasteiger partial charge in [-0.2, -0.15) is 0 Å². The van der Waals surface area contributed by atoms with Crippen LogP contribution in [0.1, 0.15) is 20.7 Å². The summed E-state index contributed by atoms with van der Waals surface area (Å²) < 4.78 is 9.36. The Balaban J connectivity index is 2.71. The van der Waals surface area contributed by atoms with Crippen molar-refractivity contribution in [2.45, 2.75) is 11.4 Å². The van der Waals surface area contributed by atoms with E-state index in [1.165, 1.54) is 54.6 Å². The van der Waals surface area contributed by atoms with Crippen LogP contribution >= 0.6 is 0 Å². The number of Topliss-reactive ketones (excluding diaryl/α,β-unsaturated/α-hetero) is 1. The molecule has 0 saturated carbocycles. The molecule has 0 aromatic heterocycles. The van der Waals surface area contributed by atoms with Crippen LogP contribution in [0.5, 0.6) is 0 Å². The minimum absolute atomic E-state index is 0.169. The van der Waals surface area contributed by atoms with E-state index in [1.807, 2.05) is 0 Å². The molecule has 0 aliphatic rings. The Morgan fingerprint density at radius 2 is 1.25 bits per heavy atom. The Bertz CT molecular complexity index is 894. The van der Waals surface area contributed by atoms with Crippen molar-refractivity contribution in [3.8, 4) is 0 Å². The lowest BCUT2D eigenvalue weighted by Crippen LogP contribution is -2.70. The molecule has 9 nitrogen and oxygen atoms in total. The van der Waals surface area contributed by atoms with Gasteiger partial charge in [0.1, 0.15) is 0 Å². The van der Waals surface area contributed by atoms with Gasteiger partial charge in [0, 0.05) is 12.7 Å². The Labute approximate surface area is 158 Å². The first-order valence-corrected chi connectivity index (χ1v) is 7.83. The van der Waals surface area contributed by atoms with E-state index < -0.39 is 35.1 Å². The van der Waals surface area contributed by atoms with Gasteiger partial charge >= 0.3 is 29.3 Å². The van der Waals surface area contributed by atoms with Crippen molar-refractivity contribution >= 4 is 23.7 Å². The molecule has 0 amide bonds. The van der Waals surface area contributed by atoms with Crippen molar-refractivity contribution in [1.82, 2.24) is 0 Å². The van der Waals surface area contributed by atoms with Gasteiger partial charge in [0.2, 0.25) is 5.78 Å². The molecule has 2 unspecified atom stereocenters. The number of carboxylic acid groups (broad SMARTS) is 2. The Hall–Kier alpha value is -3.56. The summed E-state index contributed by atoms with van der Waals surface area (Å²) in [5.74, 6) is -11.0. The molecule has 0 saturated heterocycles. The maximum atomic E-state index is 13.0. The fourth-order valence-corrected chi connectivity index (χ4v) is 2.50. The Kier molecular flexibility index (Phi) is 5.92. The van der Waals surface area contributed by atoms with Crippen LogP contribution in [0, 0.1) is 0 Å². The normalized spacial score (nSPS) is 14.9. The Morgan fingerprint density at radius 1 is 0.786 bits per heavy atom. The van der Waals surface area contributed by atoms with Gasteiger partial charge in [0.05, 0.1) is 5.56 Å². The van der Waals surface area contributed by atoms with Crippen molar-refractivity contribution in [3.63, 3.8) is 0 Å². The molecule has 0 aliphatic heterocycles. The van der Waals surface area contributed by atoms with E-state index >= 15 is 0 Å². The molecule has 0 spiro atoms. The molecule has 0 heterocycles. The molecule has 0 aliphatic carbocycles. The number of ketones is 1. The molecule has 2 atom stereocenters. The first-order valence-electron chi connectivity index (χ1n) is 7.83. The predicted octanol–water partition coefficient (Wildman–Crippen LogP) is 0.969. The van der Waals surface area contributed by atoms with Gasteiger partial charge in [-0.05, 0) is 12.1 Å². The van der Waals surface area contributed by atoms with Crippen molar-refractivity contribution in [1.29, 1.82) is 0 Å². The maximum Gasteiger partial charge on any atom is 0.370 e. The SMILES string of the molecule is COC(O)(C(=O)O)C(OC(=O)c1ccccc1)(C(=O)O)C(=O)c1ccccc1. The molecule has 3 N–H and O–H groups in total. The van der Waals surface area contributed by atoms with E-state index in [0.717, 1.165) is 0 Å². The predicted molar refractivity (Wildman–Crippen MR) is 92.6 cm³/mol. The number of benzene rings is 2. The molecule has 9 heteroatoms. The van der Waals surface area contributed by atoms with Gasteiger partial charge < -0.3 is 24.8 Å². The topological polar surface area (TPSA) is 147 Å². The van der Waals surface area contributed by atoms with Crippen LogP contribution in [0.4, 0.5) is 0 Å². The lowest BCUT2D eigenvalue weighted by Gasteiger charge is -2.37. The number of aliphatic hydroxyl groups is 1. The molecular weight excluding hydrogens is 372 g/mol. The third-order valence-electron chi connectivity index (χ3n) is 3.97. The van der Waals surface area contributed by atoms with Crippen LogP contribution in [-0.2, 0) is 19.1 Å². The van der Waals surface area contributed by atoms with E-state index in [0.29, 0.717) is 7.11 Å². The minimum Gasteiger partial charge on any atom is -0.478 e.